The van der Waals surface area contributed by atoms with Gasteiger partial charge in [-0.25, -0.2) is 0 Å². The molecule has 17 heavy (non-hydrogen) atoms. The summed E-state index contributed by atoms with van der Waals surface area (Å²) in [5.41, 5.74) is 3.62. The van der Waals surface area contributed by atoms with Crippen LogP contribution in [0.25, 0.3) is 0 Å². The lowest BCUT2D eigenvalue weighted by molar-refractivity contribution is 0.561. The summed E-state index contributed by atoms with van der Waals surface area (Å²) in [5, 5.41) is 0. The normalized spacial score (nSPS) is 31.1. The van der Waals surface area contributed by atoms with Gasteiger partial charge in [-0.15, -0.1) is 0 Å². The van der Waals surface area contributed by atoms with E-state index in [2.05, 4.69) is 57.2 Å². The lowest BCUT2D eigenvalue weighted by atomic mass is 9.78. The zero-order chi connectivity index (χ0) is 12.1. The van der Waals surface area contributed by atoms with Gasteiger partial charge in [-0.05, 0) is 41.7 Å². The number of hydrogen-bond acceptors (Lipinski definition) is 0. The van der Waals surface area contributed by atoms with Gasteiger partial charge in [0.05, 0.1) is 0 Å². The van der Waals surface area contributed by atoms with E-state index in [1.807, 2.05) is 0 Å². The van der Waals surface area contributed by atoms with Crippen LogP contribution in [0.5, 0.6) is 0 Å². The molecule has 2 bridgehead atoms. The van der Waals surface area contributed by atoms with Crippen molar-refractivity contribution < 1.29 is 0 Å². The van der Waals surface area contributed by atoms with Crippen molar-refractivity contribution >= 4 is 0 Å². The fraction of sp³-hybridized carbons (Fsp3) is 0.529. The molecule has 0 aliphatic heterocycles. The molecule has 2 aliphatic carbocycles. The minimum absolute atomic E-state index is 0.264. The Labute approximate surface area is 105 Å². The molecule has 1 aromatic rings. The molecule has 90 valence electrons. The van der Waals surface area contributed by atoms with Gasteiger partial charge in [0, 0.05) is 5.41 Å². The number of benzene rings is 1. The smallest absolute Gasteiger partial charge is 0.0138 e. The maximum Gasteiger partial charge on any atom is 0.0138 e. The predicted molar refractivity (Wildman–Crippen MR) is 73.3 cm³/mol. The highest BCUT2D eigenvalue weighted by molar-refractivity contribution is 5.39. The Morgan fingerprint density at radius 3 is 2.24 bits per heavy atom. The summed E-state index contributed by atoms with van der Waals surface area (Å²) in [4.78, 5) is 0. The largest absolute Gasteiger partial charge is 0.0845 e. The second-order valence-electron chi connectivity index (χ2n) is 6.85. The van der Waals surface area contributed by atoms with Crippen LogP contribution >= 0.6 is 0 Å². The highest BCUT2D eigenvalue weighted by Crippen LogP contribution is 2.50. The van der Waals surface area contributed by atoms with E-state index in [1.54, 1.807) is 0 Å². The minimum Gasteiger partial charge on any atom is -0.0845 e. The molecule has 2 unspecified atom stereocenters. The van der Waals surface area contributed by atoms with Gasteiger partial charge in [0.25, 0.3) is 0 Å². The van der Waals surface area contributed by atoms with Crippen molar-refractivity contribution in [3.05, 3.63) is 47.5 Å². The molecule has 2 aliphatic rings. The van der Waals surface area contributed by atoms with E-state index in [4.69, 9.17) is 0 Å². The number of hydrogen-bond donors (Lipinski definition) is 0. The van der Waals surface area contributed by atoms with E-state index in [9.17, 15) is 0 Å². The summed E-state index contributed by atoms with van der Waals surface area (Å²) in [6, 6.07) is 9.37. The third-order valence-electron chi connectivity index (χ3n) is 4.60. The zero-order valence-corrected chi connectivity index (χ0v) is 11.2. The van der Waals surface area contributed by atoms with Crippen molar-refractivity contribution in [2.45, 2.75) is 50.9 Å². The lowest BCUT2D eigenvalue weighted by Crippen LogP contribution is -2.18. The average molecular weight is 226 g/mol. The van der Waals surface area contributed by atoms with Crippen LogP contribution in [0, 0.1) is 5.92 Å². The van der Waals surface area contributed by atoms with Gasteiger partial charge in [0.2, 0.25) is 0 Å². The Balaban J connectivity index is 1.93. The third-order valence-corrected chi connectivity index (χ3v) is 4.60. The highest BCUT2D eigenvalue weighted by Gasteiger charge is 2.41. The van der Waals surface area contributed by atoms with Gasteiger partial charge < -0.3 is 0 Å². The Bertz CT molecular complexity index is 444. The second kappa shape index (κ2) is 3.48. The predicted octanol–water partition coefficient (Wildman–Crippen LogP) is 4.59. The molecule has 0 aromatic heterocycles. The van der Waals surface area contributed by atoms with Crippen molar-refractivity contribution in [1.29, 1.82) is 0 Å². The fourth-order valence-corrected chi connectivity index (χ4v) is 3.41. The molecular weight excluding hydrogens is 204 g/mol. The Kier molecular flexibility index (Phi) is 2.26. The minimum atomic E-state index is 0.264. The molecule has 0 nitrogen and oxygen atoms in total. The average Bonchev–Trinajstić information content (AvgIpc) is 2.89. The summed E-state index contributed by atoms with van der Waals surface area (Å²) in [6.45, 7) is 6.84. The molecule has 1 fully saturated rings. The van der Waals surface area contributed by atoms with Crippen LogP contribution in [0.15, 0.2) is 36.4 Å². The first-order chi connectivity index (χ1) is 8.00. The molecule has 1 saturated carbocycles. The van der Waals surface area contributed by atoms with Gasteiger partial charge >= 0.3 is 0 Å². The Morgan fingerprint density at radius 2 is 1.82 bits per heavy atom. The van der Waals surface area contributed by atoms with Crippen molar-refractivity contribution in [2.75, 3.05) is 0 Å². The molecule has 0 N–H and O–H groups in total. The van der Waals surface area contributed by atoms with Crippen LogP contribution in [-0.2, 0) is 10.8 Å². The van der Waals surface area contributed by atoms with Crippen LogP contribution in [0.1, 0.15) is 51.2 Å². The van der Waals surface area contributed by atoms with Crippen LogP contribution in [0.2, 0.25) is 0 Å². The summed E-state index contributed by atoms with van der Waals surface area (Å²) in [6.07, 6.45) is 8.98. The summed E-state index contributed by atoms with van der Waals surface area (Å²) < 4.78 is 0. The molecule has 3 rings (SSSR count). The highest BCUT2D eigenvalue weighted by atomic mass is 14.5. The van der Waals surface area contributed by atoms with Crippen molar-refractivity contribution in [2.24, 2.45) is 5.92 Å². The number of rotatable bonds is 1. The monoisotopic (exact) mass is 226 g/mol. The fourth-order valence-electron chi connectivity index (χ4n) is 3.41. The van der Waals surface area contributed by atoms with E-state index in [0.717, 1.165) is 5.92 Å². The van der Waals surface area contributed by atoms with Crippen molar-refractivity contribution in [1.82, 2.24) is 0 Å². The van der Waals surface area contributed by atoms with E-state index in [-0.39, 0.29) is 5.41 Å². The Hall–Kier alpha value is -1.04. The molecule has 0 heterocycles. The molecule has 0 radical (unpaired) electrons. The van der Waals surface area contributed by atoms with Gasteiger partial charge in [-0.3, -0.25) is 0 Å². The second-order valence-corrected chi connectivity index (χ2v) is 6.85. The van der Waals surface area contributed by atoms with Crippen LogP contribution in [-0.4, -0.2) is 0 Å². The van der Waals surface area contributed by atoms with E-state index in [0.29, 0.717) is 5.41 Å². The maximum absolute atomic E-state index is 2.47. The van der Waals surface area contributed by atoms with Gasteiger partial charge in [0.1, 0.15) is 0 Å². The van der Waals surface area contributed by atoms with E-state index in [1.165, 1.54) is 30.4 Å². The number of fused-ring (bicyclic) bond motifs is 2. The number of allylic oxidation sites excluding steroid dienone is 2. The van der Waals surface area contributed by atoms with E-state index >= 15 is 0 Å². The first-order valence-corrected chi connectivity index (χ1v) is 6.80. The van der Waals surface area contributed by atoms with Crippen molar-refractivity contribution in [3.8, 4) is 0 Å². The first kappa shape index (κ1) is 11.1. The van der Waals surface area contributed by atoms with Crippen LogP contribution in [0.4, 0.5) is 0 Å². The third kappa shape index (κ3) is 1.74. The van der Waals surface area contributed by atoms with Crippen LogP contribution in [0.3, 0.4) is 0 Å². The molecule has 0 saturated heterocycles. The van der Waals surface area contributed by atoms with E-state index < -0.39 is 0 Å². The summed E-state index contributed by atoms with van der Waals surface area (Å²) >= 11 is 0. The molecule has 0 spiro atoms. The standard InChI is InChI=1S/C17H22/c1-16(2,3)14-4-6-15(7-5-14)17-10-8-13(12-17)9-11-17/h4-8,10,13H,9,11-12H2,1-3H3. The Morgan fingerprint density at radius 1 is 1.12 bits per heavy atom. The molecular formula is C17H22. The lowest BCUT2D eigenvalue weighted by Gasteiger charge is -2.26. The first-order valence-electron chi connectivity index (χ1n) is 6.80. The van der Waals surface area contributed by atoms with Gasteiger partial charge in [-0.2, -0.15) is 0 Å². The summed E-state index contributed by atoms with van der Waals surface area (Å²) in [7, 11) is 0. The topological polar surface area (TPSA) is 0 Å². The van der Waals surface area contributed by atoms with Gasteiger partial charge in [0.15, 0.2) is 0 Å². The van der Waals surface area contributed by atoms with Crippen molar-refractivity contribution in [3.63, 3.8) is 0 Å². The molecule has 0 amide bonds. The van der Waals surface area contributed by atoms with Gasteiger partial charge in [-0.1, -0.05) is 57.2 Å². The molecule has 0 heteroatoms. The quantitative estimate of drug-likeness (QED) is 0.614. The summed E-state index contributed by atoms with van der Waals surface area (Å²) in [5.74, 6) is 0.859. The molecule has 1 aromatic carbocycles. The van der Waals surface area contributed by atoms with Crippen LogP contribution < -0.4 is 0 Å². The maximum atomic E-state index is 2.47. The molecule has 2 atom stereocenters. The zero-order valence-electron chi connectivity index (χ0n) is 11.2. The SMILES string of the molecule is CC(C)(C)c1ccc(C23C=CC(CC2)C3)cc1.